The average Bonchev–Trinajstić information content (AvgIpc) is 2.94. The fraction of sp³-hybridized carbons (Fsp3) is 0.310. The van der Waals surface area contributed by atoms with Gasteiger partial charge in [-0.2, -0.15) is 0 Å². The predicted molar refractivity (Wildman–Crippen MR) is 162 cm³/mol. The number of halogens is 3. The maximum absolute atomic E-state index is 14.1. The summed E-state index contributed by atoms with van der Waals surface area (Å²) in [4.78, 5) is 28.7. The van der Waals surface area contributed by atoms with Gasteiger partial charge in [0.1, 0.15) is 12.6 Å². The highest BCUT2D eigenvalue weighted by Crippen LogP contribution is 2.32. The molecule has 2 amide bonds. The van der Waals surface area contributed by atoms with Crippen LogP contribution >= 0.6 is 34.8 Å². The van der Waals surface area contributed by atoms with E-state index in [9.17, 15) is 18.0 Å². The first-order valence-corrected chi connectivity index (χ1v) is 15.4. The highest BCUT2D eigenvalue weighted by molar-refractivity contribution is 7.92. The lowest BCUT2D eigenvalue weighted by Crippen LogP contribution is -2.52. The van der Waals surface area contributed by atoms with Crippen LogP contribution in [0, 0.1) is 6.92 Å². The average molecular weight is 625 g/mol. The molecular weight excluding hydrogens is 593 g/mol. The Kier molecular flexibility index (Phi) is 11.3. The Morgan fingerprint density at radius 2 is 1.48 bits per heavy atom. The smallest absolute Gasteiger partial charge is 0.264 e. The van der Waals surface area contributed by atoms with Crippen LogP contribution in [0.3, 0.4) is 0 Å². The first kappa shape index (κ1) is 31.7. The van der Waals surface area contributed by atoms with Crippen molar-refractivity contribution >= 4 is 62.3 Å². The number of hydrogen-bond acceptors (Lipinski definition) is 4. The molecule has 1 atom stereocenters. The fourth-order valence-corrected chi connectivity index (χ4v) is 6.42. The number of nitrogens with zero attached hydrogens (tertiary/aromatic N) is 2. The van der Waals surface area contributed by atoms with Gasteiger partial charge in [-0.05, 0) is 61.7 Å². The summed E-state index contributed by atoms with van der Waals surface area (Å²) in [7, 11) is -4.20. The molecule has 0 radical (unpaired) electrons. The number of amides is 2. The second-order valence-corrected chi connectivity index (χ2v) is 12.2. The molecule has 40 heavy (non-hydrogen) atoms. The van der Waals surface area contributed by atoms with Crippen molar-refractivity contribution in [3.05, 3.63) is 92.9 Å². The topological polar surface area (TPSA) is 86.8 Å². The number of nitrogens with one attached hydrogen (secondary N) is 1. The summed E-state index contributed by atoms with van der Waals surface area (Å²) < 4.78 is 28.9. The first-order valence-electron chi connectivity index (χ1n) is 12.9. The van der Waals surface area contributed by atoms with Gasteiger partial charge in [-0.15, -0.1) is 0 Å². The number of carbonyl (C=O) groups is 2. The van der Waals surface area contributed by atoms with Gasteiger partial charge in [-0.1, -0.05) is 79.0 Å². The summed E-state index contributed by atoms with van der Waals surface area (Å²) in [5.74, 6) is -0.953. The third-order valence-electron chi connectivity index (χ3n) is 6.44. The highest BCUT2D eigenvalue weighted by Gasteiger charge is 2.34. The van der Waals surface area contributed by atoms with Crippen LogP contribution in [0.5, 0.6) is 0 Å². The van der Waals surface area contributed by atoms with Crippen molar-refractivity contribution in [2.24, 2.45) is 0 Å². The van der Waals surface area contributed by atoms with Crippen molar-refractivity contribution in [1.82, 2.24) is 10.2 Å². The molecule has 3 aromatic rings. The minimum absolute atomic E-state index is 0.00982. The van der Waals surface area contributed by atoms with E-state index >= 15 is 0 Å². The van der Waals surface area contributed by atoms with Crippen molar-refractivity contribution in [1.29, 1.82) is 0 Å². The highest BCUT2D eigenvalue weighted by atomic mass is 35.5. The molecule has 0 fully saturated rings. The van der Waals surface area contributed by atoms with Crippen LogP contribution in [0.4, 0.5) is 5.69 Å². The second kappa shape index (κ2) is 14.2. The Bertz CT molecular complexity index is 1430. The largest absolute Gasteiger partial charge is 0.354 e. The molecule has 0 saturated carbocycles. The Balaban J connectivity index is 2.12. The summed E-state index contributed by atoms with van der Waals surface area (Å²) >= 11 is 19.2. The Labute approximate surface area is 251 Å². The number of hydrogen-bond donors (Lipinski definition) is 1. The van der Waals surface area contributed by atoms with E-state index in [1.807, 2.05) is 6.92 Å². The van der Waals surface area contributed by atoms with E-state index in [0.29, 0.717) is 39.2 Å². The zero-order valence-corrected chi connectivity index (χ0v) is 25.6. The van der Waals surface area contributed by atoms with Gasteiger partial charge >= 0.3 is 0 Å². The zero-order chi connectivity index (χ0) is 29.4. The van der Waals surface area contributed by atoms with Crippen molar-refractivity contribution in [2.45, 2.75) is 51.1 Å². The van der Waals surface area contributed by atoms with Gasteiger partial charge < -0.3 is 10.2 Å². The second-order valence-electron chi connectivity index (χ2n) is 9.15. The van der Waals surface area contributed by atoms with Crippen LogP contribution in [-0.4, -0.2) is 44.3 Å². The van der Waals surface area contributed by atoms with Gasteiger partial charge in [-0.25, -0.2) is 8.42 Å². The zero-order valence-electron chi connectivity index (χ0n) is 22.5. The minimum Gasteiger partial charge on any atom is -0.354 e. The molecule has 3 aromatic carbocycles. The van der Waals surface area contributed by atoms with Crippen molar-refractivity contribution < 1.29 is 18.0 Å². The van der Waals surface area contributed by atoms with E-state index in [4.69, 9.17) is 34.8 Å². The Morgan fingerprint density at radius 1 is 0.875 bits per heavy atom. The van der Waals surface area contributed by atoms with Crippen molar-refractivity contribution in [2.75, 3.05) is 17.4 Å². The lowest BCUT2D eigenvalue weighted by Gasteiger charge is -2.34. The maximum Gasteiger partial charge on any atom is 0.264 e. The molecule has 0 heterocycles. The summed E-state index contributed by atoms with van der Waals surface area (Å²) in [6.45, 7) is 5.14. The quantitative estimate of drug-likeness (QED) is 0.250. The molecule has 3 rings (SSSR count). The number of benzene rings is 3. The number of carbonyl (C=O) groups excluding carboxylic acids is 2. The monoisotopic (exact) mass is 623 g/mol. The van der Waals surface area contributed by atoms with E-state index in [1.54, 1.807) is 68.4 Å². The van der Waals surface area contributed by atoms with Gasteiger partial charge in [0, 0.05) is 33.7 Å². The van der Waals surface area contributed by atoms with Crippen LogP contribution in [-0.2, 0) is 26.2 Å². The molecule has 0 aromatic heterocycles. The SMILES string of the molecule is CCCNC(=O)[C@H](CC)N(Cc1c(Cl)cccc1Cl)C(=O)CN(c1cccc(Cl)c1C)S(=O)(=O)c1ccccc1. The molecule has 0 spiro atoms. The molecule has 0 unspecified atom stereocenters. The lowest BCUT2D eigenvalue weighted by molar-refractivity contribution is -0.140. The molecule has 11 heteroatoms. The molecule has 7 nitrogen and oxygen atoms in total. The van der Waals surface area contributed by atoms with Gasteiger partial charge in [-0.3, -0.25) is 13.9 Å². The van der Waals surface area contributed by atoms with Crippen LogP contribution in [0.2, 0.25) is 15.1 Å². The summed E-state index contributed by atoms with van der Waals surface area (Å²) in [6, 6.07) is 16.8. The third-order valence-corrected chi connectivity index (χ3v) is 9.33. The molecule has 0 aliphatic rings. The normalized spacial score (nSPS) is 12.1. The van der Waals surface area contributed by atoms with Crippen LogP contribution in [0.25, 0.3) is 0 Å². The van der Waals surface area contributed by atoms with E-state index in [-0.39, 0.29) is 29.5 Å². The molecule has 214 valence electrons. The molecule has 0 aliphatic carbocycles. The van der Waals surface area contributed by atoms with E-state index in [0.717, 1.165) is 4.31 Å². The summed E-state index contributed by atoms with van der Waals surface area (Å²) in [5, 5.41) is 3.85. The number of sulfonamides is 1. The van der Waals surface area contributed by atoms with Crippen molar-refractivity contribution in [3.63, 3.8) is 0 Å². The summed E-state index contributed by atoms with van der Waals surface area (Å²) in [5.41, 5.74) is 1.20. The van der Waals surface area contributed by atoms with Gasteiger partial charge in [0.25, 0.3) is 10.0 Å². The van der Waals surface area contributed by atoms with Gasteiger partial charge in [0.15, 0.2) is 0 Å². The number of anilines is 1. The van der Waals surface area contributed by atoms with Crippen LogP contribution < -0.4 is 9.62 Å². The molecule has 0 aliphatic heterocycles. The van der Waals surface area contributed by atoms with Gasteiger partial charge in [0.05, 0.1) is 10.6 Å². The van der Waals surface area contributed by atoms with Gasteiger partial charge in [0.2, 0.25) is 11.8 Å². The van der Waals surface area contributed by atoms with E-state index < -0.39 is 28.5 Å². The molecule has 1 N–H and O–H groups in total. The molecule has 0 bridgehead atoms. The fourth-order valence-electron chi connectivity index (χ4n) is 4.24. The minimum atomic E-state index is -4.20. The molecular formula is C29H32Cl3N3O4S. The van der Waals surface area contributed by atoms with Crippen molar-refractivity contribution in [3.8, 4) is 0 Å². The standard InChI is InChI=1S/C29H32Cl3N3O4S/c1-4-17-33-29(37)26(5-2)34(18-22-24(31)14-9-15-25(22)32)28(36)19-35(27-16-10-13-23(30)20(27)3)40(38,39)21-11-7-6-8-12-21/h6-16,26H,4-5,17-19H2,1-3H3,(H,33,37)/t26-/m0/s1. The van der Waals surface area contributed by atoms with E-state index in [2.05, 4.69) is 5.32 Å². The maximum atomic E-state index is 14.1. The Hall–Kier alpha value is -2.78. The predicted octanol–water partition coefficient (Wildman–Crippen LogP) is 6.48. The van der Waals surface area contributed by atoms with Crippen LogP contribution in [0.15, 0.2) is 71.6 Å². The van der Waals surface area contributed by atoms with E-state index in [1.165, 1.54) is 17.0 Å². The number of rotatable bonds is 12. The summed E-state index contributed by atoms with van der Waals surface area (Å²) in [6.07, 6.45) is 0.995. The molecule has 0 saturated heterocycles. The lowest BCUT2D eigenvalue weighted by atomic mass is 10.1. The first-order chi connectivity index (χ1) is 19.0. The Morgan fingerprint density at radius 3 is 2.08 bits per heavy atom. The third kappa shape index (κ3) is 7.29. The van der Waals surface area contributed by atoms with Crippen LogP contribution in [0.1, 0.15) is 37.8 Å².